The second-order valence-electron chi connectivity index (χ2n) is 7.19. The molecule has 1 nitrogen and oxygen atoms in total. The third-order valence-electron chi connectivity index (χ3n) is 4.26. The smallest absolute Gasteiger partial charge is 0.310 e. The maximum Gasteiger partial charge on any atom is 0.416 e. The number of halogens is 3. The number of hydrogen-bond donors (Lipinski definition) is 1. The van der Waals surface area contributed by atoms with Gasteiger partial charge in [0.15, 0.2) is 0 Å². The molecule has 0 aromatic heterocycles. The zero-order valence-corrected chi connectivity index (χ0v) is 12.9. The molecule has 4 heteroatoms. The van der Waals surface area contributed by atoms with Crippen molar-refractivity contribution < 1.29 is 13.2 Å². The van der Waals surface area contributed by atoms with Gasteiger partial charge in [0.2, 0.25) is 0 Å². The molecule has 1 aliphatic carbocycles. The molecule has 0 bridgehead atoms. The number of alkyl halides is 3. The van der Waals surface area contributed by atoms with E-state index in [2.05, 4.69) is 26.1 Å². The van der Waals surface area contributed by atoms with Crippen LogP contribution in [-0.2, 0) is 12.7 Å². The van der Waals surface area contributed by atoms with Gasteiger partial charge in [0, 0.05) is 12.6 Å². The van der Waals surface area contributed by atoms with Crippen LogP contribution in [0.15, 0.2) is 24.3 Å². The average Bonchev–Trinajstić information content (AvgIpc) is 2.33. The minimum absolute atomic E-state index is 0.343. The number of benzene rings is 1. The van der Waals surface area contributed by atoms with Gasteiger partial charge in [-0.15, -0.1) is 0 Å². The predicted octanol–water partition coefficient (Wildman–Crippen LogP) is 5.01. The molecule has 0 spiro atoms. The summed E-state index contributed by atoms with van der Waals surface area (Å²) >= 11 is 0. The molecule has 1 saturated carbocycles. The second kappa shape index (κ2) is 5.99. The van der Waals surface area contributed by atoms with E-state index in [0.717, 1.165) is 30.5 Å². The van der Waals surface area contributed by atoms with Gasteiger partial charge in [0.1, 0.15) is 0 Å². The lowest BCUT2D eigenvalue weighted by Gasteiger charge is -2.39. The number of rotatable bonds is 3. The van der Waals surface area contributed by atoms with Crippen LogP contribution in [0.25, 0.3) is 0 Å². The lowest BCUT2D eigenvalue weighted by atomic mass is 9.70. The first-order valence-corrected chi connectivity index (χ1v) is 7.55. The van der Waals surface area contributed by atoms with Gasteiger partial charge in [-0.05, 0) is 48.3 Å². The fourth-order valence-corrected chi connectivity index (χ4v) is 3.58. The largest absolute Gasteiger partial charge is 0.416 e. The summed E-state index contributed by atoms with van der Waals surface area (Å²) in [7, 11) is 0. The van der Waals surface area contributed by atoms with E-state index >= 15 is 0 Å². The van der Waals surface area contributed by atoms with Crippen molar-refractivity contribution in [3.63, 3.8) is 0 Å². The SMILES string of the molecule is CC1CC(NCc2ccc(C(F)(F)F)cc2)CC(C)(C)C1. The maximum absolute atomic E-state index is 12.5. The standard InChI is InChI=1S/C17H24F3N/c1-12-8-15(10-16(2,3)9-12)21-11-13-4-6-14(7-5-13)17(18,19)20/h4-7,12,15,21H,8-11H2,1-3H3. The van der Waals surface area contributed by atoms with Crippen LogP contribution < -0.4 is 5.32 Å². The van der Waals surface area contributed by atoms with Gasteiger partial charge in [-0.1, -0.05) is 32.9 Å². The van der Waals surface area contributed by atoms with E-state index in [-0.39, 0.29) is 0 Å². The van der Waals surface area contributed by atoms with E-state index in [1.807, 2.05) is 0 Å². The topological polar surface area (TPSA) is 12.0 Å². The first-order valence-electron chi connectivity index (χ1n) is 7.55. The third-order valence-corrected chi connectivity index (χ3v) is 4.26. The molecule has 1 aliphatic rings. The van der Waals surface area contributed by atoms with E-state index in [9.17, 15) is 13.2 Å². The van der Waals surface area contributed by atoms with Crippen molar-refractivity contribution in [3.8, 4) is 0 Å². The first-order chi connectivity index (χ1) is 9.66. The maximum atomic E-state index is 12.5. The Kier molecular flexibility index (Phi) is 4.66. The summed E-state index contributed by atoms with van der Waals surface area (Å²) in [6, 6.07) is 5.89. The summed E-state index contributed by atoms with van der Waals surface area (Å²) in [6.07, 6.45) is -0.748. The van der Waals surface area contributed by atoms with Gasteiger partial charge in [-0.3, -0.25) is 0 Å². The molecule has 0 saturated heterocycles. The molecule has 118 valence electrons. The molecule has 0 aliphatic heterocycles. The summed E-state index contributed by atoms with van der Waals surface area (Å²) in [5.74, 6) is 0.693. The van der Waals surface area contributed by atoms with Gasteiger partial charge in [-0.2, -0.15) is 13.2 Å². The van der Waals surface area contributed by atoms with Crippen LogP contribution in [0.3, 0.4) is 0 Å². The minimum atomic E-state index is -4.26. The van der Waals surface area contributed by atoms with Crippen molar-refractivity contribution >= 4 is 0 Å². The van der Waals surface area contributed by atoms with Crippen molar-refractivity contribution in [2.45, 2.75) is 58.8 Å². The molecule has 1 N–H and O–H groups in total. The highest BCUT2D eigenvalue weighted by Crippen LogP contribution is 2.38. The summed E-state index contributed by atoms with van der Waals surface area (Å²) < 4.78 is 37.5. The van der Waals surface area contributed by atoms with E-state index < -0.39 is 11.7 Å². The highest BCUT2D eigenvalue weighted by atomic mass is 19.4. The first kappa shape index (κ1) is 16.3. The molecular weight excluding hydrogens is 275 g/mol. The Morgan fingerprint density at radius 2 is 1.76 bits per heavy atom. The van der Waals surface area contributed by atoms with E-state index in [4.69, 9.17) is 0 Å². The molecule has 2 unspecified atom stereocenters. The quantitative estimate of drug-likeness (QED) is 0.827. The summed E-state index contributed by atoms with van der Waals surface area (Å²) in [4.78, 5) is 0. The van der Waals surface area contributed by atoms with Crippen LogP contribution in [0.5, 0.6) is 0 Å². The molecule has 1 aromatic rings. The van der Waals surface area contributed by atoms with Crippen molar-refractivity contribution in [1.82, 2.24) is 5.32 Å². The molecule has 1 fully saturated rings. The zero-order chi connectivity index (χ0) is 15.7. The lowest BCUT2D eigenvalue weighted by Crippen LogP contribution is -2.39. The zero-order valence-electron chi connectivity index (χ0n) is 12.9. The van der Waals surface area contributed by atoms with Gasteiger partial charge in [-0.25, -0.2) is 0 Å². The Labute approximate surface area is 124 Å². The average molecular weight is 299 g/mol. The van der Waals surface area contributed by atoms with Crippen LogP contribution in [-0.4, -0.2) is 6.04 Å². The molecule has 0 heterocycles. The number of nitrogens with one attached hydrogen (secondary N) is 1. The Bertz CT molecular complexity index is 462. The fourth-order valence-electron chi connectivity index (χ4n) is 3.58. The molecular formula is C17H24F3N. The van der Waals surface area contributed by atoms with Crippen molar-refractivity contribution in [2.75, 3.05) is 0 Å². The van der Waals surface area contributed by atoms with Gasteiger partial charge < -0.3 is 5.32 Å². The fraction of sp³-hybridized carbons (Fsp3) is 0.647. The monoisotopic (exact) mass is 299 g/mol. The van der Waals surface area contributed by atoms with Gasteiger partial charge in [0.25, 0.3) is 0 Å². The normalized spacial score (nSPS) is 25.8. The van der Waals surface area contributed by atoms with Crippen LogP contribution in [0.1, 0.15) is 51.2 Å². The van der Waals surface area contributed by atoms with Gasteiger partial charge in [0.05, 0.1) is 5.56 Å². The highest BCUT2D eigenvalue weighted by Gasteiger charge is 2.32. The van der Waals surface area contributed by atoms with Crippen LogP contribution >= 0.6 is 0 Å². The van der Waals surface area contributed by atoms with Crippen molar-refractivity contribution in [1.29, 1.82) is 0 Å². The molecule has 0 radical (unpaired) electrons. The van der Waals surface area contributed by atoms with Crippen LogP contribution in [0.2, 0.25) is 0 Å². The Morgan fingerprint density at radius 3 is 2.29 bits per heavy atom. The highest BCUT2D eigenvalue weighted by molar-refractivity contribution is 5.24. The van der Waals surface area contributed by atoms with E-state index in [1.165, 1.54) is 6.42 Å². The predicted molar refractivity (Wildman–Crippen MR) is 78.9 cm³/mol. The summed E-state index contributed by atoms with van der Waals surface area (Å²) in [5.41, 5.74) is 0.660. The Morgan fingerprint density at radius 1 is 1.14 bits per heavy atom. The third kappa shape index (κ3) is 4.73. The Hall–Kier alpha value is -1.03. The van der Waals surface area contributed by atoms with Crippen molar-refractivity contribution in [2.24, 2.45) is 11.3 Å². The molecule has 2 rings (SSSR count). The second-order valence-corrected chi connectivity index (χ2v) is 7.19. The molecule has 0 amide bonds. The van der Waals surface area contributed by atoms with Crippen LogP contribution in [0, 0.1) is 11.3 Å². The number of hydrogen-bond acceptors (Lipinski definition) is 1. The minimum Gasteiger partial charge on any atom is -0.310 e. The van der Waals surface area contributed by atoms with E-state index in [1.54, 1.807) is 12.1 Å². The molecule has 2 atom stereocenters. The Balaban J connectivity index is 1.91. The summed E-state index contributed by atoms with van der Waals surface area (Å²) in [6.45, 7) is 7.48. The lowest BCUT2D eigenvalue weighted by molar-refractivity contribution is -0.137. The van der Waals surface area contributed by atoms with Crippen LogP contribution in [0.4, 0.5) is 13.2 Å². The van der Waals surface area contributed by atoms with Crippen molar-refractivity contribution in [3.05, 3.63) is 35.4 Å². The van der Waals surface area contributed by atoms with Gasteiger partial charge >= 0.3 is 6.18 Å². The molecule has 1 aromatic carbocycles. The van der Waals surface area contributed by atoms with E-state index in [0.29, 0.717) is 23.9 Å². The summed E-state index contributed by atoms with van der Waals surface area (Å²) in [5, 5.41) is 3.50. The molecule has 21 heavy (non-hydrogen) atoms.